The Morgan fingerprint density at radius 1 is 1.17 bits per heavy atom. The molecule has 1 amide bonds. The molecule has 0 saturated carbocycles. The van der Waals surface area contributed by atoms with Crippen molar-refractivity contribution in [3.05, 3.63) is 83.3 Å². The van der Waals surface area contributed by atoms with Gasteiger partial charge in [-0.15, -0.1) is 0 Å². The highest BCUT2D eigenvalue weighted by atomic mass is 19.1. The van der Waals surface area contributed by atoms with Crippen LogP contribution in [0, 0.1) is 5.82 Å². The Hall–Kier alpha value is -3.29. The van der Waals surface area contributed by atoms with Crippen LogP contribution in [0.3, 0.4) is 0 Å². The van der Waals surface area contributed by atoms with Crippen molar-refractivity contribution in [1.29, 1.82) is 0 Å². The van der Waals surface area contributed by atoms with Crippen molar-refractivity contribution in [3.63, 3.8) is 0 Å². The number of aromatic nitrogens is 1. The predicted molar refractivity (Wildman–Crippen MR) is 134 cm³/mol. The monoisotopic (exact) mass is 477 g/mol. The standard InChI is InChI=1S/C28H32FN3O3/c1-19(2)35-27-9-6-20(14-23(27)18-33)17-32-12-10-25(11-13-32)31-28(34)22-7-8-26(30-16-22)21-4-3-5-24(29)15-21/h3-9,14-16,19,25,33H,10-13,17-18H2,1-2H3,(H,31,34). The third-order valence-corrected chi connectivity index (χ3v) is 6.13. The molecule has 6 nitrogen and oxygen atoms in total. The average molecular weight is 478 g/mol. The molecule has 1 fully saturated rings. The lowest BCUT2D eigenvalue weighted by Crippen LogP contribution is -2.44. The number of carbonyl (C=O) groups excluding carboxylic acids is 1. The highest BCUT2D eigenvalue weighted by Crippen LogP contribution is 2.24. The summed E-state index contributed by atoms with van der Waals surface area (Å²) in [5, 5.41) is 12.8. The molecule has 2 aromatic carbocycles. The van der Waals surface area contributed by atoms with E-state index >= 15 is 0 Å². The minimum Gasteiger partial charge on any atom is -0.491 e. The summed E-state index contributed by atoms with van der Waals surface area (Å²) in [6, 6.07) is 15.8. The summed E-state index contributed by atoms with van der Waals surface area (Å²) in [5.74, 6) is 0.268. The van der Waals surface area contributed by atoms with E-state index in [-0.39, 0.29) is 30.5 Å². The molecule has 1 aliphatic heterocycles. The third-order valence-electron chi connectivity index (χ3n) is 6.13. The number of hydrogen-bond acceptors (Lipinski definition) is 5. The number of nitrogens with zero attached hydrogens (tertiary/aromatic N) is 2. The van der Waals surface area contributed by atoms with Crippen molar-refractivity contribution < 1.29 is 19.0 Å². The Labute approximate surface area is 205 Å². The molecule has 3 aromatic rings. The van der Waals surface area contributed by atoms with Crippen LogP contribution in [0.5, 0.6) is 5.75 Å². The van der Waals surface area contributed by atoms with Gasteiger partial charge < -0.3 is 15.2 Å². The maximum Gasteiger partial charge on any atom is 0.253 e. The largest absolute Gasteiger partial charge is 0.491 e. The fourth-order valence-electron chi connectivity index (χ4n) is 4.33. The number of aliphatic hydroxyl groups excluding tert-OH is 1. The van der Waals surface area contributed by atoms with E-state index in [4.69, 9.17) is 4.74 Å². The van der Waals surface area contributed by atoms with E-state index in [2.05, 4.69) is 15.2 Å². The van der Waals surface area contributed by atoms with Crippen LogP contribution in [0.2, 0.25) is 0 Å². The molecule has 0 unspecified atom stereocenters. The van der Waals surface area contributed by atoms with Gasteiger partial charge in [-0.25, -0.2) is 4.39 Å². The first-order chi connectivity index (χ1) is 16.9. The summed E-state index contributed by atoms with van der Waals surface area (Å²) in [5.41, 5.74) is 3.74. The van der Waals surface area contributed by atoms with Crippen LogP contribution in [-0.4, -0.2) is 46.1 Å². The zero-order valence-corrected chi connectivity index (χ0v) is 20.2. The number of benzene rings is 2. The van der Waals surface area contributed by atoms with Gasteiger partial charge in [0.2, 0.25) is 0 Å². The second kappa shape index (κ2) is 11.4. The van der Waals surface area contributed by atoms with Crippen LogP contribution in [0.25, 0.3) is 11.3 Å². The molecule has 2 heterocycles. The Morgan fingerprint density at radius 2 is 1.97 bits per heavy atom. The summed E-state index contributed by atoms with van der Waals surface area (Å²) in [7, 11) is 0. The molecule has 0 spiro atoms. The van der Waals surface area contributed by atoms with Crippen molar-refractivity contribution in [2.24, 2.45) is 0 Å². The van der Waals surface area contributed by atoms with Crippen molar-refractivity contribution in [1.82, 2.24) is 15.2 Å². The molecule has 0 atom stereocenters. The smallest absolute Gasteiger partial charge is 0.253 e. The number of halogens is 1. The van der Waals surface area contributed by atoms with E-state index in [1.54, 1.807) is 24.3 Å². The molecule has 1 aromatic heterocycles. The highest BCUT2D eigenvalue weighted by Gasteiger charge is 2.22. The van der Waals surface area contributed by atoms with Crippen molar-refractivity contribution in [2.45, 2.75) is 52.0 Å². The van der Waals surface area contributed by atoms with Crippen LogP contribution in [0.15, 0.2) is 60.8 Å². The van der Waals surface area contributed by atoms with E-state index in [1.165, 1.54) is 18.3 Å². The first kappa shape index (κ1) is 24.8. The molecular formula is C28H32FN3O3. The highest BCUT2D eigenvalue weighted by molar-refractivity contribution is 5.94. The van der Waals surface area contributed by atoms with Crippen LogP contribution in [0.1, 0.15) is 48.2 Å². The second-order valence-electron chi connectivity index (χ2n) is 9.23. The summed E-state index contributed by atoms with van der Waals surface area (Å²) in [4.78, 5) is 19.4. The molecule has 7 heteroatoms. The van der Waals surface area contributed by atoms with Crippen molar-refractivity contribution >= 4 is 5.91 Å². The van der Waals surface area contributed by atoms with Crippen LogP contribution < -0.4 is 10.1 Å². The van der Waals surface area contributed by atoms with E-state index in [1.807, 2.05) is 32.0 Å². The van der Waals surface area contributed by atoms with Gasteiger partial charge in [-0.2, -0.15) is 0 Å². The van der Waals surface area contributed by atoms with E-state index in [0.717, 1.165) is 49.4 Å². The number of nitrogens with one attached hydrogen (secondary N) is 1. The molecule has 4 rings (SSSR count). The van der Waals surface area contributed by atoms with Gasteiger partial charge >= 0.3 is 0 Å². The number of ether oxygens (including phenoxy) is 1. The van der Waals surface area contributed by atoms with Gasteiger partial charge in [0, 0.05) is 43.0 Å². The SMILES string of the molecule is CC(C)Oc1ccc(CN2CCC(NC(=O)c3ccc(-c4cccc(F)c4)nc3)CC2)cc1CO. The molecule has 0 bridgehead atoms. The molecule has 0 aliphatic carbocycles. The molecular weight excluding hydrogens is 445 g/mol. The van der Waals surface area contributed by atoms with Gasteiger partial charge in [-0.3, -0.25) is 14.7 Å². The Kier molecular flexibility index (Phi) is 8.10. The summed E-state index contributed by atoms with van der Waals surface area (Å²) < 4.78 is 19.2. The fourth-order valence-corrected chi connectivity index (χ4v) is 4.33. The lowest BCUT2D eigenvalue weighted by Gasteiger charge is -2.32. The maximum atomic E-state index is 13.5. The van der Waals surface area contributed by atoms with Gasteiger partial charge in [0.05, 0.1) is 24.0 Å². The number of amides is 1. The van der Waals surface area contributed by atoms with Crippen LogP contribution in [-0.2, 0) is 13.2 Å². The number of hydrogen-bond donors (Lipinski definition) is 2. The fraction of sp³-hybridized carbons (Fsp3) is 0.357. The Balaban J connectivity index is 1.28. The van der Waals surface area contributed by atoms with Gasteiger partial charge in [-0.05, 0) is 68.7 Å². The summed E-state index contributed by atoms with van der Waals surface area (Å²) in [6.45, 7) is 6.43. The van der Waals surface area contributed by atoms with Crippen molar-refractivity contribution in [3.8, 4) is 17.0 Å². The number of likely N-dealkylation sites (tertiary alicyclic amines) is 1. The number of pyridine rings is 1. The molecule has 35 heavy (non-hydrogen) atoms. The molecule has 1 saturated heterocycles. The Bertz CT molecular complexity index is 1140. The van der Waals surface area contributed by atoms with Gasteiger partial charge in [-0.1, -0.05) is 18.2 Å². The minimum atomic E-state index is -0.316. The molecule has 2 N–H and O–H groups in total. The first-order valence-electron chi connectivity index (χ1n) is 12.1. The number of carbonyl (C=O) groups is 1. The summed E-state index contributed by atoms with van der Waals surface area (Å²) >= 11 is 0. The molecule has 184 valence electrons. The molecule has 1 aliphatic rings. The second-order valence-corrected chi connectivity index (χ2v) is 9.23. The molecule has 0 radical (unpaired) electrons. The van der Waals surface area contributed by atoms with Gasteiger partial charge in [0.15, 0.2) is 0 Å². The van der Waals surface area contributed by atoms with E-state index in [9.17, 15) is 14.3 Å². The van der Waals surface area contributed by atoms with E-state index < -0.39 is 0 Å². The Morgan fingerprint density at radius 3 is 2.63 bits per heavy atom. The average Bonchev–Trinajstić information content (AvgIpc) is 2.86. The predicted octanol–water partition coefficient (Wildman–Crippen LogP) is 4.56. The quantitative estimate of drug-likeness (QED) is 0.498. The minimum absolute atomic E-state index is 0.0535. The lowest BCUT2D eigenvalue weighted by atomic mass is 10.0. The number of rotatable bonds is 8. The zero-order chi connectivity index (χ0) is 24.8. The topological polar surface area (TPSA) is 74.7 Å². The van der Waals surface area contributed by atoms with E-state index in [0.29, 0.717) is 16.8 Å². The summed E-state index contributed by atoms with van der Waals surface area (Å²) in [6.07, 6.45) is 3.32. The number of piperidine rings is 1. The van der Waals surface area contributed by atoms with Crippen LogP contribution >= 0.6 is 0 Å². The maximum absolute atomic E-state index is 13.5. The lowest BCUT2D eigenvalue weighted by molar-refractivity contribution is 0.0908. The van der Waals surface area contributed by atoms with Gasteiger partial charge in [0.25, 0.3) is 5.91 Å². The van der Waals surface area contributed by atoms with Gasteiger partial charge in [0.1, 0.15) is 11.6 Å². The normalized spacial score (nSPS) is 14.8. The van der Waals surface area contributed by atoms with Crippen molar-refractivity contribution in [2.75, 3.05) is 13.1 Å². The number of aliphatic hydroxyl groups is 1. The van der Waals surface area contributed by atoms with Crippen LogP contribution in [0.4, 0.5) is 4.39 Å². The third kappa shape index (κ3) is 6.65. The first-order valence-corrected chi connectivity index (χ1v) is 12.1. The zero-order valence-electron chi connectivity index (χ0n) is 20.2.